The van der Waals surface area contributed by atoms with Gasteiger partial charge in [-0.25, -0.2) is 21.8 Å². The Morgan fingerprint density at radius 2 is 1.69 bits per heavy atom. The average Bonchev–Trinajstić information content (AvgIpc) is 2.84. The Labute approximate surface area is 219 Å². The van der Waals surface area contributed by atoms with E-state index in [2.05, 4.69) is 9.71 Å². The number of aromatic nitrogens is 1. The molecule has 0 radical (unpaired) electrons. The van der Waals surface area contributed by atoms with Crippen LogP contribution in [0.15, 0.2) is 77.7 Å². The largest absolute Gasteiger partial charge is 0.280 e. The summed E-state index contributed by atoms with van der Waals surface area (Å²) in [6, 6.07) is 20.3. The molecule has 0 saturated carbocycles. The van der Waals surface area contributed by atoms with Gasteiger partial charge in [-0.2, -0.15) is 0 Å². The second-order valence-electron chi connectivity index (χ2n) is 8.40. The summed E-state index contributed by atoms with van der Waals surface area (Å²) >= 11 is 12.7. The highest BCUT2D eigenvalue weighted by atomic mass is 35.5. The quantitative estimate of drug-likeness (QED) is 0.325. The van der Waals surface area contributed by atoms with Crippen LogP contribution in [0.4, 0.5) is 11.4 Å². The fraction of sp³-hybridized carbons (Fsp3) is 0.160. The number of rotatable bonds is 5. The van der Waals surface area contributed by atoms with Crippen molar-refractivity contribution in [1.82, 2.24) is 4.98 Å². The summed E-state index contributed by atoms with van der Waals surface area (Å²) in [5, 5.41) is 1.32. The van der Waals surface area contributed by atoms with Gasteiger partial charge in [0.2, 0.25) is 10.0 Å². The van der Waals surface area contributed by atoms with Gasteiger partial charge in [-0.05, 0) is 61.4 Å². The zero-order chi connectivity index (χ0) is 25.5. The molecular weight excluding hydrogens is 541 g/mol. The maximum Gasteiger partial charge on any atom is 0.263 e. The summed E-state index contributed by atoms with van der Waals surface area (Å²) in [6.07, 6.45) is 1.32. The van der Waals surface area contributed by atoms with Crippen LogP contribution in [0, 0.1) is 0 Å². The van der Waals surface area contributed by atoms with E-state index in [4.69, 9.17) is 23.2 Å². The zero-order valence-corrected chi connectivity index (χ0v) is 22.0. The number of fused-ring (bicyclic) bond motifs is 1. The first kappa shape index (κ1) is 24.8. The Morgan fingerprint density at radius 1 is 0.889 bits per heavy atom. The van der Waals surface area contributed by atoms with Gasteiger partial charge in [-0.15, -0.1) is 0 Å². The highest BCUT2D eigenvalue weighted by Gasteiger charge is 2.27. The molecule has 0 unspecified atom stereocenters. The minimum absolute atomic E-state index is 0.0528. The topological polar surface area (TPSA) is 96.4 Å². The summed E-state index contributed by atoms with van der Waals surface area (Å²) in [6.45, 7) is 0.333. The van der Waals surface area contributed by atoms with E-state index in [1.807, 2.05) is 36.4 Å². The second kappa shape index (κ2) is 9.55. The smallest absolute Gasteiger partial charge is 0.263 e. The number of nitrogens with one attached hydrogen (secondary N) is 1. The van der Waals surface area contributed by atoms with Crippen LogP contribution >= 0.6 is 23.2 Å². The molecule has 3 aromatic carbocycles. The molecule has 0 spiro atoms. The number of sulfonamides is 2. The Kier molecular flexibility index (Phi) is 6.59. The van der Waals surface area contributed by atoms with E-state index in [0.29, 0.717) is 34.9 Å². The summed E-state index contributed by atoms with van der Waals surface area (Å²) in [5.74, 6) is 0.0528. The predicted octanol–water partition coefficient (Wildman–Crippen LogP) is 5.94. The van der Waals surface area contributed by atoms with E-state index >= 15 is 0 Å². The zero-order valence-electron chi connectivity index (χ0n) is 18.9. The van der Waals surface area contributed by atoms with E-state index in [9.17, 15) is 16.8 Å². The fourth-order valence-corrected chi connectivity index (χ4v) is 7.59. The second-order valence-corrected chi connectivity index (χ2v) is 12.9. The van der Waals surface area contributed by atoms with Crippen LogP contribution in [0.1, 0.15) is 12.8 Å². The molecule has 186 valence electrons. The highest BCUT2D eigenvalue weighted by Crippen LogP contribution is 2.34. The lowest BCUT2D eigenvalue weighted by Crippen LogP contribution is -2.37. The third-order valence-corrected chi connectivity index (χ3v) is 10.00. The highest BCUT2D eigenvalue weighted by molar-refractivity contribution is 7.93. The number of nitrogens with zero attached hydrogens (tertiary/aromatic N) is 2. The van der Waals surface area contributed by atoms with Crippen LogP contribution in [0.2, 0.25) is 10.0 Å². The maximum absolute atomic E-state index is 13.2. The van der Waals surface area contributed by atoms with E-state index in [0.717, 1.165) is 17.3 Å². The van der Waals surface area contributed by atoms with Crippen molar-refractivity contribution < 1.29 is 16.8 Å². The van der Waals surface area contributed by atoms with Crippen molar-refractivity contribution >= 4 is 65.5 Å². The average molecular weight is 563 g/mol. The van der Waals surface area contributed by atoms with Crippen molar-refractivity contribution in [1.29, 1.82) is 0 Å². The van der Waals surface area contributed by atoms with Gasteiger partial charge in [-0.1, -0.05) is 47.5 Å². The van der Waals surface area contributed by atoms with E-state index < -0.39 is 20.0 Å². The summed E-state index contributed by atoms with van der Waals surface area (Å²) in [5.41, 5.74) is 2.59. The molecule has 11 heteroatoms. The molecule has 0 atom stereocenters. The predicted molar refractivity (Wildman–Crippen MR) is 145 cm³/mol. The normalized spacial score (nSPS) is 15.7. The van der Waals surface area contributed by atoms with Gasteiger partial charge >= 0.3 is 0 Å². The molecular formula is C25H21Cl2N3O4S2. The van der Waals surface area contributed by atoms with Crippen molar-refractivity contribution in [3.8, 4) is 11.3 Å². The van der Waals surface area contributed by atoms with Crippen LogP contribution in [0.5, 0.6) is 0 Å². The first-order valence-electron chi connectivity index (χ1n) is 11.1. The first-order valence-corrected chi connectivity index (χ1v) is 15.0. The Morgan fingerprint density at radius 3 is 2.47 bits per heavy atom. The standard InChI is InChI=1S/C25H21Cl2N3O4S2/c26-21-10-8-18(15-20(21)24-11-7-17-5-1-2-6-23(17)28-24)29-36(33,34)25-12-9-19(16-22(25)27)30-13-3-4-14-35(30,31)32/h1-2,5-12,15-16,29H,3-4,13-14H2. The van der Waals surface area contributed by atoms with Gasteiger partial charge in [0.05, 0.1) is 32.7 Å². The Bertz CT molecular complexity index is 1690. The molecule has 1 fully saturated rings. The van der Waals surface area contributed by atoms with Crippen LogP contribution in [0.3, 0.4) is 0 Å². The van der Waals surface area contributed by atoms with Crippen LogP contribution in [-0.4, -0.2) is 34.1 Å². The number of para-hydroxylation sites is 1. The van der Waals surface area contributed by atoms with E-state index in [-0.39, 0.29) is 21.4 Å². The molecule has 36 heavy (non-hydrogen) atoms. The summed E-state index contributed by atoms with van der Waals surface area (Å²) < 4.78 is 54.9. The molecule has 0 bridgehead atoms. The van der Waals surface area contributed by atoms with E-state index in [1.54, 1.807) is 18.2 Å². The van der Waals surface area contributed by atoms with Crippen LogP contribution in [-0.2, 0) is 20.0 Å². The lowest BCUT2D eigenvalue weighted by molar-refractivity contribution is 0.574. The number of halogens is 2. The Hall–Kier alpha value is -2.85. The maximum atomic E-state index is 13.2. The third kappa shape index (κ3) is 4.88. The van der Waals surface area contributed by atoms with Crippen molar-refractivity contribution in [2.24, 2.45) is 0 Å². The number of hydrogen-bond donors (Lipinski definition) is 1. The van der Waals surface area contributed by atoms with Crippen molar-refractivity contribution in [2.45, 2.75) is 17.7 Å². The molecule has 0 amide bonds. The molecule has 1 saturated heterocycles. The van der Waals surface area contributed by atoms with Crippen LogP contribution in [0.25, 0.3) is 22.2 Å². The molecule has 1 aliphatic heterocycles. The molecule has 1 aromatic heterocycles. The van der Waals surface area contributed by atoms with Gasteiger partial charge in [0.15, 0.2) is 0 Å². The van der Waals surface area contributed by atoms with Gasteiger partial charge < -0.3 is 0 Å². The molecule has 1 N–H and O–H groups in total. The number of anilines is 2. The van der Waals surface area contributed by atoms with Gasteiger partial charge in [-0.3, -0.25) is 9.03 Å². The third-order valence-electron chi connectivity index (χ3n) is 5.94. The Balaban J connectivity index is 1.45. The number of pyridine rings is 1. The van der Waals surface area contributed by atoms with Gasteiger partial charge in [0, 0.05) is 23.2 Å². The number of hydrogen-bond acceptors (Lipinski definition) is 5. The fourth-order valence-electron chi connectivity index (χ4n) is 4.15. The minimum Gasteiger partial charge on any atom is -0.280 e. The lowest BCUT2D eigenvalue weighted by atomic mass is 10.1. The van der Waals surface area contributed by atoms with Gasteiger partial charge in [0.1, 0.15) is 4.90 Å². The van der Waals surface area contributed by atoms with E-state index in [1.165, 1.54) is 22.5 Å². The lowest BCUT2D eigenvalue weighted by Gasteiger charge is -2.28. The SMILES string of the molecule is O=S(=O)(Nc1ccc(Cl)c(-c2ccc3ccccc3n2)c1)c1ccc(N2CCCCS2(=O)=O)cc1Cl. The first-order chi connectivity index (χ1) is 17.1. The van der Waals surface area contributed by atoms with Crippen molar-refractivity contribution in [2.75, 3.05) is 21.3 Å². The molecule has 5 rings (SSSR count). The summed E-state index contributed by atoms with van der Waals surface area (Å²) in [4.78, 5) is 4.48. The van der Waals surface area contributed by atoms with Crippen molar-refractivity contribution in [3.05, 3.63) is 82.8 Å². The minimum atomic E-state index is -4.08. The number of benzene rings is 3. The molecule has 1 aliphatic rings. The molecule has 0 aliphatic carbocycles. The molecule has 4 aromatic rings. The monoisotopic (exact) mass is 561 g/mol. The van der Waals surface area contributed by atoms with Crippen molar-refractivity contribution in [3.63, 3.8) is 0 Å². The van der Waals surface area contributed by atoms with Gasteiger partial charge in [0.25, 0.3) is 10.0 Å². The summed E-state index contributed by atoms with van der Waals surface area (Å²) in [7, 11) is -7.53. The molecule has 2 heterocycles. The molecule has 7 nitrogen and oxygen atoms in total. The van der Waals surface area contributed by atoms with Crippen LogP contribution < -0.4 is 9.03 Å².